The van der Waals surface area contributed by atoms with Crippen LogP contribution in [0.3, 0.4) is 0 Å². The lowest BCUT2D eigenvalue weighted by atomic mass is 9.97. The zero-order valence-corrected chi connectivity index (χ0v) is 16.4. The van der Waals surface area contributed by atoms with Crippen LogP contribution in [0.15, 0.2) is 60.7 Å². The third-order valence-electron chi connectivity index (χ3n) is 4.20. The summed E-state index contributed by atoms with van der Waals surface area (Å²) < 4.78 is 5.46. The van der Waals surface area contributed by atoms with Gasteiger partial charge in [-0.1, -0.05) is 44.7 Å². The molecular formula is C23H27NO3. The molecule has 0 aliphatic carbocycles. The average molecular weight is 365 g/mol. The number of amides is 1. The molecule has 2 aromatic carbocycles. The highest BCUT2D eigenvalue weighted by atomic mass is 16.5. The number of ether oxygens (including phenoxy) is 1. The Balaban J connectivity index is 1.97. The van der Waals surface area contributed by atoms with E-state index in [-0.39, 0.29) is 17.8 Å². The molecule has 0 spiro atoms. The summed E-state index contributed by atoms with van der Waals surface area (Å²) in [5.74, 6) is 0.124. The Kier molecular flexibility index (Phi) is 6.94. The molecule has 0 aliphatic rings. The van der Waals surface area contributed by atoms with Gasteiger partial charge in [-0.05, 0) is 61.6 Å². The van der Waals surface area contributed by atoms with E-state index < -0.39 is 0 Å². The minimum Gasteiger partial charge on any atom is -0.426 e. The predicted octanol–water partition coefficient (Wildman–Crippen LogP) is 5.11. The molecule has 1 atom stereocenters. The first-order valence-corrected chi connectivity index (χ1v) is 9.13. The van der Waals surface area contributed by atoms with Gasteiger partial charge in [0, 0.05) is 11.3 Å². The SMILES string of the molecule is C=C(C)C(=O)Nc1ccc(OC(=O)C(C)c2ccc(CC(C)C)cc2)cc1. The van der Waals surface area contributed by atoms with Crippen LogP contribution in [0.5, 0.6) is 5.75 Å². The van der Waals surface area contributed by atoms with Gasteiger partial charge in [0.2, 0.25) is 0 Å². The lowest BCUT2D eigenvalue weighted by molar-refractivity contribution is -0.135. The van der Waals surface area contributed by atoms with Crippen molar-refractivity contribution in [1.82, 2.24) is 0 Å². The molecule has 142 valence electrons. The lowest BCUT2D eigenvalue weighted by Crippen LogP contribution is -2.16. The Hall–Kier alpha value is -2.88. The number of carbonyl (C=O) groups excluding carboxylic acids is 2. The zero-order valence-electron chi connectivity index (χ0n) is 16.4. The quantitative estimate of drug-likeness (QED) is 0.421. The third kappa shape index (κ3) is 6.10. The van der Waals surface area contributed by atoms with Gasteiger partial charge in [-0.25, -0.2) is 0 Å². The predicted molar refractivity (Wildman–Crippen MR) is 109 cm³/mol. The highest BCUT2D eigenvalue weighted by molar-refractivity contribution is 6.02. The van der Waals surface area contributed by atoms with Crippen LogP contribution in [-0.4, -0.2) is 11.9 Å². The summed E-state index contributed by atoms with van der Waals surface area (Å²) in [6.07, 6.45) is 1.02. The maximum absolute atomic E-state index is 12.4. The molecule has 4 heteroatoms. The van der Waals surface area contributed by atoms with E-state index in [1.807, 2.05) is 19.1 Å². The van der Waals surface area contributed by atoms with Crippen LogP contribution in [0.1, 0.15) is 44.7 Å². The molecule has 0 bridgehead atoms. The van der Waals surface area contributed by atoms with Gasteiger partial charge in [0.05, 0.1) is 5.92 Å². The van der Waals surface area contributed by atoms with Crippen LogP contribution in [0, 0.1) is 5.92 Å². The van der Waals surface area contributed by atoms with Crippen molar-refractivity contribution in [2.24, 2.45) is 5.92 Å². The summed E-state index contributed by atoms with van der Waals surface area (Å²) in [6.45, 7) is 11.4. The van der Waals surface area contributed by atoms with E-state index in [2.05, 4.69) is 37.9 Å². The number of hydrogen-bond donors (Lipinski definition) is 1. The van der Waals surface area contributed by atoms with Gasteiger partial charge in [0.1, 0.15) is 5.75 Å². The van der Waals surface area contributed by atoms with Gasteiger partial charge in [0.15, 0.2) is 0 Å². The topological polar surface area (TPSA) is 55.4 Å². The first kappa shape index (κ1) is 20.4. The molecule has 4 nitrogen and oxygen atoms in total. The Morgan fingerprint density at radius 1 is 1.00 bits per heavy atom. The highest BCUT2D eigenvalue weighted by Gasteiger charge is 2.17. The lowest BCUT2D eigenvalue weighted by Gasteiger charge is -2.13. The smallest absolute Gasteiger partial charge is 0.318 e. The highest BCUT2D eigenvalue weighted by Crippen LogP contribution is 2.22. The van der Waals surface area contributed by atoms with Crippen molar-refractivity contribution < 1.29 is 14.3 Å². The van der Waals surface area contributed by atoms with Gasteiger partial charge in [-0.15, -0.1) is 0 Å². The van der Waals surface area contributed by atoms with Crippen molar-refractivity contribution in [1.29, 1.82) is 0 Å². The van der Waals surface area contributed by atoms with Crippen molar-refractivity contribution in [3.8, 4) is 5.75 Å². The van der Waals surface area contributed by atoms with Crippen molar-refractivity contribution in [2.75, 3.05) is 5.32 Å². The molecule has 0 saturated heterocycles. The van der Waals surface area contributed by atoms with E-state index in [1.165, 1.54) is 5.56 Å². The normalized spacial score (nSPS) is 11.7. The first-order chi connectivity index (χ1) is 12.8. The molecule has 0 radical (unpaired) electrons. The molecule has 27 heavy (non-hydrogen) atoms. The number of rotatable bonds is 7. The number of hydrogen-bond acceptors (Lipinski definition) is 3. The van der Waals surface area contributed by atoms with Crippen molar-refractivity contribution in [2.45, 2.75) is 40.0 Å². The van der Waals surface area contributed by atoms with Gasteiger partial charge in [0.25, 0.3) is 5.91 Å². The minimum absolute atomic E-state index is 0.241. The summed E-state index contributed by atoms with van der Waals surface area (Å²) in [5, 5.41) is 2.71. The monoisotopic (exact) mass is 365 g/mol. The molecule has 0 aromatic heterocycles. The molecule has 0 heterocycles. The van der Waals surface area contributed by atoms with E-state index in [0.29, 0.717) is 22.9 Å². The van der Waals surface area contributed by atoms with Crippen molar-refractivity contribution in [3.05, 3.63) is 71.8 Å². The molecule has 1 N–H and O–H groups in total. The second-order valence-electron chi connectivity index (χ2n) is 7.24. The summed E-state index contributed by atoms with van der Waals surface area (Å²) in [7, 11) is 0. The third-order valence-corrected chi connectivity index (χ3v) is 4.20. The van der Waals surface area contributed by atoms with Crippen molar-refractivity contribution >= 4 is 17.6 Å². The van der Waals surface area contributed by atoms with E-state index >= 15 is 0 Å². The van der Waals surface area contributed by atoms with Crippen LogP contribution in [0.25, 0.3) is 0 Å². The molecule has 1 amide bonds. The summed E-state index contributed by atoms with van der Waals surface area (Å²) in [4.78, 5) is 24.0. The number of nitrogens with one attached hydrogen (secondary N) is 1. The van der Waals surface area contributed by atoms with Crippen LogP contribution >= 0.6 is 0 Å². The molecule has 0 saturated carbocycles. The van der Waals surface area contributed by atoms with E-state index in [4.69, 9.17) is 4.74 Å². The number of carbonyl (C=O) groups is 2. The van der Waals surface area contributed by atoms with Gasteiger partial charge >= 0.3 is 5.97 Å². The van der Waals surface area contributed by atoms with Crippen LogP contribution in [0.4, 0.5) is 5.69 Å². The number of benzene rings is 2. The average Bonchev–Trinajstić information content (AvgIpc) is 2.62. The molecule has 1 unspecified atom stereocenters. The van der Waals surface area contributed by atoms with Crippen LogP contribution in [-0.2, 0) is 16.0 Å². The van der Waals surface area contributed by atoms with Crippen molar-refractivity contribution in [3.63, 3.8) is 0 Å². The molecule has 2 aromatic rings. The standard InChI is InChI=1S/C23H27NO3/c1-15(2)14-18-6-8-19(9-7-18)17(5)23(26)27-21-12-10-20(11-13-21)24-22(25)16(3)4/h6-13,15,17H,3,14H2,1-2,4-5H3,(H,24,25). The molecule has 2 rings (SSSR count). The second kappa shape index (κ2) is 9.17. The molecular weight excluding hydrogens is 338 g/mol. The Labute approximate surface area is 161 Å². The summed E-state index contributed by atoms with van der Waals surface area (Å²) >= 11 is 0. The van der Waals surface area contributed by atoms with Crippen LogP contribution < -0.4 is 10.1 Å². The van der Waals surface area contributed by atoms with Crippen LogP contribution in [0.2, 0.25) is 0 Å². The number of esters is 1. The fourth-order valence-electron chi connectivity index (χ4n) is 2.60. The Bertz CT molecular complexity index is 805. The maximum Gasteiger partial charge on any atom is 0.318 e. The number of anilines is 1. The molecule has 0 aliphatic heterocycles. The first-order valence-electron chi connectivity index (χ1n) is 9.13. The van der Waals surface area contributed by atoms with E-state index in [9.17, 15) is 9.59 Å². The van der Waals surface area contributed by atoms with Gasteiger partial charge in [-0.2, -0.15) is 0 Å². The Morgan fingerprint density at radius 3 is 2.11 bits per heavy atom. The van der Waals surface area contributed by atoms with Gasteiger partial charge in [-0.3, -0.25) is 9.59 Å². The summed E-state index contributed by atoms with van der Waals surface area (Å²) in [6, 6.07) is 14.8. The second-order valence-corrected chi connectivity index (χ2v) is 7.24. The summed E-state index contributed by atoms with van der Waals surface area (Å²) in [5.41, 5.74) is 3.25. The Morgan fingerprint density at radius 2 is 1.59 bits per heavy atom. The molecule has 0 fully saturated rings. The van der Waals surface area contributed by atoms with Gasteiger partial charge < -0.3 is 10.1 Å². The van der Waals surface area contributed by atoms with E-state index in [1.54, 1.807) is 31.2 Å². The minimum atomic E-state index is -0.360. The maximum atomic E-state index is 12.4. The van der Waals surface area contributed by atoms with E-state index in [0.717, 1.165) is 12.0 Å². The fraction of sp³-hybridized carbons (Fsp3) is 0.304. The largest absolute Gasteiger partial charge is 0.426 e. The zero-order chi connectivity index (χ0) is 20.0. The fourth-order valence-corrected chi connectivity index (χ4v) is 2.60.